The second-order valence-electron chi connectivity index (χ2n) is 10.9. The molecular formula is C27H29N5O5. The fourth-order valence-corrected chi connectivity index (χ4v) is 6.84. The largest absolute Gasteiger partial charge is 0.496 e. The van der Waals surface area contributed by atoms with Gasteiger partial charge in [-0.05, 0) is 55.7 Å². The molecule has 2 aromatic rings. The van der Waals surface area contributed by atoms with E-state index in [0.717, 1.165) is 30.2 Å². The third kappa shape index (κ3) is 3.84. The van der Waals surface area contributed by atoms with Crippen LogP contribution in [-0.2, 0) is 14.4 Å². The molecule has 0 unspecified atom stereocenters. The lowest BCUT2D eigenvalue weighted by Crippen LogP contribution is -2.66. The minimum absolute atomic E-state index is 0.140. The molecule has 4 amide bonds. The van der Waals surface area contributed by atoms with E-state index in [-0.39, 0.29) is 17.7 Å². The Labute approximate surface area is 213 Å². The summed E-state index contributed by atoms with van der Waals surface area (Å²) in [5, 5.41) is 19.3. The number of H-pyrrole nitrogens is 1. The van der Waals surface area contributed by atoms with Crippen molar-refractivity contribution in [1.29, 1.82) is 5.26 Å². The number of carbonyl (C=O) groups is 4. The fraction of sp³-hybridized carbons (Fsp3) is 0.519. The zero-order valence-electron chi connectivity index (χ0n) is 20.5. The molecule has 10 nitrogen and oxygen atoms in total. The third-order valence-electron chi connectivity index (χ3n) is 8.77. The van der Waals surface area contributed by atoms with E-state index in [1.165, 1.54) is 0 Å². The van der Waals surface area contributed by atoms with Gasteiger partial charge in [-0.2, -0.15) is 5.26 Å². The van der Waals surface area contributed by atoms with Gasteiger partial charge in [0, 0.05) is 16.8 Å². The topological polar surface area (TPSA) is 153 Å². The summed E-state index contributed by atoms with van der Waals surface area (Å²) in [5.74, 6) is -2.10. The van der Waals surface area contributed by atoms with Crippen molar-refractivity contribution in [2.24, 2.45) is 29.6 Å². The number of benzene rings is 1. The summed E-state index contributed by atoms with van der Waals surface area (Å²) < 4.78 is 5.38. The molecule has 1 aromatic carbocycles. The van der Waals surface area contributed by atoms with Crippen LogP contribution in [0.5, 0.6) is 5.75 Å². The molecule has 1 saturated heterocycles. The molecule has 37 heavy (non-hydrogen) atoms. The van der Waals surface area contributed by atoms with E-state index in [1.54, 1.807) is 13.2 Å². The average Bonchev–Trinajstić information content (AvgIpc) is 3.51. The molecular weight excluding hydrogens is 474 g/mol. The Bertz CT molecular complexity index is 1360. The number of nitrogens with zero attached hydrogens (tertiary/aromatic N) is 1. The van der Waals surface area contributed by atoms with Crippen molar-refractivity contribution >= 4 is 34.5 Å². The van der Waals surface area contributed by atoms with E-state index in [1.807, 2.05) is 18.2 Å². The minimum atomic E-state index is -1.25. The van der Waals surface area contributed by atoms with Gasteiger partial charge in [0.25, 0.3) is 5.91 Å². The summed E-state index contributed by atoms with van der Waals surface area (Å²) in [5.41, 5.74) is -0.193. The predicted molar refractivity (Wildman–Crippen MR) is 131 cm³/mol. The van der Waals surface area contributed by atoms with Gasteiger partial charge in [-0.15, -0.1) is 0 Å². The standard InChI is InChI=1S/C27H29N5O5/c1-37-20-4-2-3-17-15(20)10-19(29-17)23(33)30-18(9-13-5-6-13)24(34)32-27(12-28)11-14-7-8-16(27)22-21(14)25(35)31-26(22)36/h2-4,10,13-14,16,18,21-22,29H,5-9,11H2,1H3,(H,30,33)(H,32,34)(H,31,35,36)/t14-,16-,18-,21+,22-,27+/m0/s1. The van der Waals surface area contributed by atoms with E-state index in [0.29, 0.717) is 36.6 Å². The Morgan fingerprint density at radius 2 is 1.97 bits per heavy atom. The summed E-state index contributed by atoms with van der Waals surface area (Å²) in [4.78, 5) is 54.9. The maximum Gasteiger partial charge on any atom is 0.268 e. The first kappa shape index (κ1) is 23.5. The third-order valence-corrected chi connectivity index (χ3v) is 8.77. The second-order valence-corrected chi connectivity index (χ2v) is 10.9. The SMILES string of the molecule is COc1cccc2[nH]c(C(=O)N[C@@H](CC3CC3)C(=O)N[C@@]3(C#N)C[C@@H]4CC[C@H]3[C@@H]3C(=O)NC(=O)[C@H]43)cc12. The van der Waals surface area contributed by atoms with Crippen molar-refractivity contribution < 1.29 is 23.9 Å². The Hall–Kier alpha value is -3.87. The molecule has 1 aliphatic heterocycles. The summed E-state index contributed by atoms with van der Waals surface area (Å²) >= 11 is 0. The van der Waals surface area contributed by atoms with Crippen molar-refractivity contribution in [1.82, 2.24) is 20.9 Å². The highest BCUT2D eigenvalue weighted by Gasteiger charge is 2.64. The smallest absolute Gasteiger partial charge is 0.268 e. The first-order valence-electron chi connectivity index (χ1n) is 12.9. The maximum atomic E-state index is 13.6. The minimum Gasteiger partial charge on any atom is -0.496 e. The van der Waals surface area contributed by atoms with Crippen LogP contribution in [0.4, 0.5) is 0 Å². The number of nitrogens with one attached hydrogen (secondary N) is 4. The van der Waals surface area contributed by atoms with Crippen molar-refractivity contribution in [3.05, 3.63) is 30.0 Å². The fourth-order valence-electron chi connectivity index (χ4n) is 6.84. The highest BCUT2D eigenvalue weighted by molar-refractivity contribution is 6.06. The number of methoxy groups -OCH3 is 1. The van der Waals surface area contributed by atoms with Crippen molar-refractivity contribution in [3.63, 3.8) is 0 Å². The van der Waals surface area contributed by atoms with E-state index in [4.69, 9.17) is 4.74 Å². The monoisotopic (exact) mass is 503 g/mol. The van der Waals surface area contributed by atoms with Gasteiger partial charge in [0.15, 0.2) is 0 Å². The molecule has 5 aliphatic rings. The van der Waals surface area contributed by atoms with Crippen molar-refractivity contribution in [3.8, 4) is 11.8 Å². The Balaban J connectivity index is 1.23. The molecule has 6 atom stereocenters. The lowest BCUT2D eigenvalue weighted by molar-refractivity contribution is -0.137. The number of hydrogen-bond donors (Lipinski definition) is 4. The molecule has 4 aliphatic carbocycles. The van der Waals surface area contributed by atoms with Gasteiger partial charge in [-0.25, -0.2) is 0 Å². The van der Waals surface area contributed by atoms with Crippen LogP contribution in [0.2, 0.25) is 0 Å². The number of hydrogen-bond acceptors (Lipinski definition) is 6. The molecule has 4 N–H and O–H groups in total. The lowest BCUT2D eigenvalue weighted by Gasteiger charge is -2.52. The van der Waals surface area contributed by atoms with Crippen LogP contribution < -0.4 is 20.7 Å². The van der Waals surface area contributed by atoms with Crippen LogP contribution in [0.25, 0.3) is 10.9 Å². The summed E-state index contributed by atoms with van der Waals surface area (Å²) in [7, 11) is 1.56. The first-order valence-corrected chi connectivity index (χ1v) is 12.9. The quantitative estimate of drug-likeness (QED) is 0.423. The Morgan fingerprint density at radius 3 is 2.70 bits per heavy atom. The van der Waals surface area contributed by atoms with E-state index in [9.17, 15) is 24.4 Å². The van der Waals surface area contributed by atoms with Gasteiger partial charge in [-0.3, -0.25) is 24.5 Å². The second kappa shape index (κ2) is 8.61. The highest BCUT2D eigenvalue weighted by atomic mass is 16.5. The van der Waals surface area contributed by atoms with E-state index >= 15 is 0 Å². The zero-order chi connectivity index (χ0) is 25.9. The Morgan fingerprint density at radius 1 is 1.19 bits per heavy atom. The number of ether oxygens (including phenoxy) is 1. The molecule has 0 spiro atoms. The number of rotatable bonds is 7. The first-order chi connectivity index (χ1) is 17.8. The van der Waals surface area contributed by atoms with E-state index in [2.05, 4.69) is 27.0 Å². The summed E-state index contributed by atoms with van der Waals surface area (Å²) in [6.07, 6.45) is 4.12. The highest BCUT2D eigenvalue weighted by Crippen LogP contribution is 2.55. The molecule has 2 bridgehead atoms. The Kier molecular flexibility index (Phi) is 5.48. The number of carbonyl (C=O) groups excluding carboxylic acids is 4. The van der Waals surface area contributed by atoms with Crippen molar-refractivity contribution in [2.45, 2.75) is 50.1 Å². The molecule has 192 valence electrons. The zero-order valence-corrected chi connectivity index (χ0v) is 20.5. The molecule has 0 radical (unpaired) electrons. The predicted octanol–water partition coefficient (Wildman–Crippen LogP) is 1.77. The average molecular weight is 504 g/mol. The van der Waals surface area contributed by atoms with Crippen LogP contribution in [0.15, 0.2) is 24.3 Å². The van der Waals surface area contributed by atoms with Gasteiger partial charge in [-0.1, -0.05) is 18.9 Å². The van der Waals surface area contributed by atoms with Gasteiger partial charge >= 0.3 is 0 Å². The van der Waals surface area contributed by atoms with Gasteiger partial charge in [0.05, 0.1) is 25.0 Å². The van der Waals surface area contributed by atoms with Crippen molar-refractivity contribution in [2.75, 3.05) is 7.11 Å². The molecule has 10 heteroatoms. The number of imide groups is 1. The van der Waals surface area contributed by atoms with Crippen LogP contribution >= 0.6 is 0 Å². The number of aromatic nitrogens is 1. The van der Waals surface area contributed by atoms with Gasteiger partial charge in [0.1, 0.15) is 23.0 Å². The van der Waals surface area contributed by atoms with Gasteiger partial charge < -0.3 is 20.4 Å². The van der Waals surface area contributed by atoms with E-state index < -0.39 is 41.1 Å². The molecule has 5 fully saturated rings. The summed E-state index contributed by atoms with van der Waals surface area (Å²) in [6, 6.07) is 8.66. The molecule has 1 aromatic heterocycles. The van der Waals surface area contributed by atoms with Crippen LogP contribution in [0.3, 0.4) is 0 Å². The number of amides is 4. The van der Waals surface area contributed by atoms with Gasteiger partial charge in [0.2, 0.25) is 17.7 Å². The van der Waals surface area contributed by atoms with Crippen LogP contribution in [0.1, 0.15) is 49.0 Å². The van der Waals surface area contributed by atoms with Crippen LogP contribution in [0, 0.1) is 40.9 Å². The molecule has 2 heterocycles. The number of aromatic amines is 1. The number of nitriles is 1. The molecule has 4 saturated carbocycles. The number of fused-ring (bicyclic) bond motifs is 3. The normalized spacial score (nSPS) is 30.8. The lowest BCUT2D eigenvalue weighted by atomic mass is 9.52. The maximum absolute atomic E-state index is 13.6. The molecule has 7 rings (SSSR count). The summed E-state index contributed by atoms with van der Waals surface area (Å²) in [6.45, 7) is 0. The van der Waals surface area contributed by atoms with Crippen LogP contribution in [-0.4, -0.2) is 47.3 Å².